The molecule has 16 heavy (non-hydrogen) atoms. The molecule has 1 rings (SSSR count). The van der Waals surface area contributed by atoms with Gasteiger partial charge >= 0.3 is 5.97 Å². The Morgan fingerprint density at radius 2 is 2.12 bits per heavy atom. The Morgan fingerprint density at radius 3 is 2.62 bits per heavy atom. The van der Waals surface area contributed by atoms with E-state index in [4.69, 9.17) is 5.73 Å². The Labute approximate surface area is 101 Å². The number of aliphatic hydroxyl groups excluding tert-OH is 1. The molecule has 0 spiro atoms. The molecule has 0 aromatic heterocycles. The van der Waals surface area contributed by atoms with Gasteiger partial charge in [-0.1, -0.05) is 12.1 Å². The molecular formula is C11H16ClNO3. The second-order valence-electron chi connectivity index (χ2n) is 3.38. The van der Waals surface area contributed by atoms with Crippen LogP contribution in [0.5, 0.6) is 0 Å². The van der Waals surface area contributed by atoms with E-state index in [-0.39, 0.29) is 12.4 Å². The molecule has 0 aliphatic heterocycles. The Morgan fingerprint density at radius 1 is 1.50 bits per heavy atom. The number of nitrogens with two attached hydrogens (primary N) is 1. The van der Waals surface area contributed by atoms with Crippen LogP contribution in [0, 0.1) is 0 Å². The number of hydrogen-bond donors (Lipinski definition) is 2. The lowest BCUT2D eigenvalue weighted by Gasteiger charge is -2.15. The monoisotopic (exact) mass is 245 g/mol. The third-order valence-electron chi connectivity index (χ3n) is 2.21. The van der Waals surface area contributed by atoms with E-state index < -0.39 is 18.1 Å². The van der Waals surface area contributed by atoms with Gasteiger partial charge in [0.2, 0.25) is 0 Å². The zero-order valence-electron chi connectivity index (χ0n) is 9.21. The Kier molecular flexibility index (Phi) is 6.03. The maximum atomic E-state index is 11.2. The van der Waals surface area contributed by atoms with E-state index in [0.29, 0.717) is 11.1 Å². The third kappa shape index (κ3) is 3.48. The number of halogens is 1. The lowest BCUT2D eigenvalue weighted by Crippen LogP contribution is -2.23. The average molecular weight is 246 g/mol. The maximum absolute atomic E-state index is 11.2. The molecule has 0 aliphatic carbocycles. The first-order valence-corrected chi connectivity index (χ1v) is 4.68. The molecule has 0 heterocycles. The number of carbonyl (C=O) groups excluding carboxylic acids is 1. The normalized spacial score (nSPS) is 13.5. The number of aliphatic hydroxyl groups is 1. The molecule has 0 amide bonds. The molecule has 0 unspecified atom stereocenters. The molecule has 0 radical (unpaired) electrons. The molecule has 0 fully saturated rings. The van der Waals surface area contributed by atoms with Crippen LogP contribution in [0.4, 0.5) is 0 Å². The minimum Gasteiger partial charge on any atom is -0.465 e. The summed E-state index contributed by atoms with van der Waals surface area (Å²) in [6, 6.07) is 6.26. The number of rotatable bonds is 3. The van der Waals surface area contributed by atoms with Crippen LogP contribution in [0.15, 0.2) is 24.3 Å². The molecule has 2 atom stereocenters. The predicted molar refractivity (Wildman–Crippen MR) is 63.6 cm³/mol. The van der Waals surface area contributed by atoms with Crippen molar-refractivity contribution in [2.75, 3.05) is 7.11 Å². The smallest absolute Gasteiger partial charge is 0.337 e. The summed E-state index contributed by atoms with van der Waals surface area (Å²) in [7, 11) is 1.32. The Bertz CT molecular complexity index is 355. The fourth-order valence-corrected chi connectivity index (χ4v) is 1.27. The van der Waals surface area contributed by atoms with E-state index in [0.717, 1.165) is 0 Å². The minimum absolute atomic E-state index is 0. The third-order valence-corrected chi connectivity index (χ3v) is 2.21. The van der Waals surface area contributed by atoms with Crippen molar-refractivity contribution in [3.05, 3.63) is 35.4 Å². The molecule has 0 saturated heterocycles. The van der Waals surface area contributed by atoms with E-state index in [1.807, 2.05) is 0 Å². The average Bonchev–Trinajstić information content (AvgIpc) is 2.27. The number of hydrogen-bond acceptors (Lipinski definition) is 4. The van der Waals surface area contributed by atoms with Crippen LogP contribution in [0.25, 0.3) is 0 Å². The highest BCUT2D eigenvalue weighted by Gasteiger charge is 2.14. The SMILES string of the molecule is COC(=O)c1cccc([C@H](N)[C@@H](C)O)c1.Cl. The van der Waals surface area contributed by atoms with Crippen molar-refractivity contribution in [1.29, 1.82) is 0 Å². The lowest BCUT2D eigenvalue weighted by molar-refractivity contribution is 0.0600. The summed E-state index contributed by atoms with van der Waals surface area (Å²) < 4.78 is 4.59. The molecule has 0 bridgehead atoms. The van der Waals surface area contributed by atoms with Crippen LogP contribution < -0.4 is 5.73 Å². The van der Waals surface area contributed by atoms with Gasteiger partial charge in [-0.2, -0.15) is 0 Å². The van der Waals surface area contributed by atoms with Crippen molar-refractivity contribution < 1.29 is 14.6 Å². The maximum Gasteiger partial charge on any atom is 0.337 e. The molecule has 5 heteroatoms. The molecular weight excluding hydrogens is 230 g/mol. The van der Waals surface area contributed by atoms with Gasteiger partial charge in [0, 0.05) is 0 Å². The highest BCUT2D eigenvalue weighted by molar-refractivity contribution is 5.89. The second-order valence-corrected chi connectivity index (χ2v) is 3.38. The number of methoxy groups -OCH3 is 1. The van der Waals surface area contributed by atoms with E-state index in [9.17, 15) is 9.90 Å². The van der Waals surface area contributed by atoms with E-state index in [1.165, 1.54) is 7.11 Å². The van der Waals surface area contributed by atoms with Gasteiger partial charge in [-0.3, -0.25) is 0 Å². The summed E-state index contributed by atoms with van der Waals surface area (Å²) in [5, 5.41) is 9.32. The van der Waals surface area contributed by atoms with Gasteiger partial charge in [0.05, 0.1) is 24.8 Å². The molecule has 3 N–H and O–H groups in total. The van der Waals surface area contributed by atoms with E-state index in [1.54, 1.807) is 31.2 Å². The van der Waals surface area contributed by atoms with Crippen molar-refractivity contribution in [2.45, 2.75) is 19.1 Å². The molecule has 90 valence electrons. The van der Waals surface area contributed by atoms with E-state index in [2.05, 4.69) is 4.74 Å². The highest BCUT2D eigenvalue weighted by atomic mass is 35.5. The summed E-state index contributed by atoms with van der Waals surface area (Å²) in [6.45, 7) is 1.61. The van der Waals surface area contributed by atoms with Gasteiger partial charge in [0.15, 0.2) is 0 Å². The molecule has 4 nitrogen and oxygen atoms in total. The van der Waals surface area contributed by atoms with Gasteiger partial charge in [-0.15, -0.1) is 12.4 Å². The first kappa shape index (κ1) is 14.9. The van der Waals surface area contributed by atoms with Gasteiger partial charge in [-0.25, -0.2) is 4.79 Å². The predicted octanol–water partition coefficient (Wildman–Crippen LogP) is 1.28. The quantitative estimate of drug-likeness (QED) is 0.787. The number of benzene rings is 1. The minimum atomic E-state index is -0.655. The first-order valence-electron chi connectivity index (χ1n) is 4.68. The van der Waals surface area contributed by atoms with Crippen molar-refractivity contribution >= 4 is 18.4 Å². The summed E-state index contributed by atoms with van der Waals surface area (Å²) in [5.74, 6) is -0.408. The van der Waals surface area contributed by atoms with Crippen molar-refractivity contribution in [1.82, 2.24) is 0 Å². The second kappa shape index (κ2) is 6.48. The number of ether oxygens (including phenoxy) is 1. The molecule has 0 saturated carbocycles. The fourth-order valence-electron chi connectivity index (χ4n) is 1.27. The van der Waals surface area contributed by atoms with Gasteiger partial charge in [-0.05, 0) is 24.6 Å². The first-order chi connectivity index (χ1) is 7.06. The zero-order chi connectivity index (χ0) is 11.4. The van der Waals surface area contributed by atoms with Crippen LogP contribution in [0.2, 0.25) is 0 Å². The zero-order valence-corrected chi connectivity index (χ0v) is 10.0. The van der Waals surface area contributed by atoms with E-state index >= 15 is 0 Å². The van der Waals surface area contributed by atoms with Gasteiger partial charge < -0.3 is 15.6 Å². The van der Waals surface area contributed by atoms with Crippen molar-refractivity contribution in [3.8, 4) is 0 Å². The van der Waals surface area contributed by atoms with Crippen LogP contribution in [-0.4, -0.2) is 24.3 Å². The number of esters is 1. The summed E-state index contributed by atoms with van der Waals surface area (Å²) in [6.07, 6.45) is -0.655. The van der Waals surface area contributed by atoms with Crippen LogP contribution in [0.1, 0.15) is 28.9 Å². The van der Waals surface area contributed by atoms with Gasteiger partial charge in [0.25, 0.3) is 0 Å². The van der Waals surface area contributed by atoms with Crippen molar-refractivity contribution in [3.63, 3.8) is 0 Å². The van der Waals surface area contributed by atoms with Gasteiger partial charge in [0.1, 0.15) is 0 Å². The van der Waals surface area contributed by atoms with Crippen LogP contribution in [0.3, 0.4) is 0 Å². The topological polar surface area (TPSA) is 72.5 Å². The molecule has 0 aliphatic rings. The summed E-state index contributed by atoms with van der Waals surface area (Å²) in [5.41, 5.74) is 6.90. The Balaban J connectivity index is 0.00000225. The summed E-state index contributed by atoms with van der Waals surface area (Å²) >= 11 is 0. The molecule has 1 aromatic rings. The Hall–Kier alpha value is -1.10. The molecule has 1 aromatic carbocycles. The van der Waals surface area contributed by atoms with Crippen LogP contribution in [-0.2, 0) is 4.74 Å². The summed E-state index contributed by atoms with van der Waals surface area (Å²) in [4.78, 5) is 11.2. The lowest BCUT2D eigenvalue weighted by atomic mass is 10.0. The largest absolute Gasteiger partial charge is 0.465 e. The van der Waals surface area contributed by atoms with Crippen LogP contribution >= 0.6 is 12.4 Å². The standard InChI is InChI=1S/C11H15NO3.ClH/c1-7(13)10(12)8-4-3-5-9(6-8)11(14)15-2;/h3-7,10,13H,12H2,1-2H3;1H/t7-,10-;/m1./s1. The van der Waals surface area contributed by atoms with Crippen molar-refractivity contribution in [2.24, 2.45) is 5.73 Å². The highest BCUT2D eigenvalue weighted by Crippen LogP contribution is 2.16. The number of carbonyl (C=O) groups is 1. The fraction of sp³-hybridized carbons (Fsp3) is 0.364.